The van der Waals surface area contributed by atoms with Gasteiger partial charge < -0.3 is 4.74 Å². The first-order valence-corrected chi connectivity index (χ1v) is 12.1. The molecule has 1 atom stereocenters. The molecule has 0 aliphatic rings. The Balaban J connectivity index is 2.77. The zero-order valence-corrected chi connectivity index (χ0v) is 19.2. The maximum absolute atomic E-state index is 12.9. The van der Waals surface area contributed by atoms with E-state index >= 15 is 0 Å². The Hall–Kier alpha value is -1.75. The minimum Gasteiger partial charge on any atom is -0.445 e. The van der Waals surface area contributed by atoms with Gasteiger partial charge in [-0.15, -0.1) is 11.8 Å². The zero-order valence-electron chi connectivity index (χ0n) is 18.4. The van der Waals surface area contributed by atoms with E-state index in [0.29, 0.717) is 18.2 Å². The number of unbranched alkanes of at least 4 members (excludes halogenated alkanes) is 4. The lowest BCUT2D eigenvalue weighted by Crippen LogP contribution is -2.45. The van der Waals surface area contributed by atoms with Crippen LogP contribution in [0.1, 0.15) is 64.9 Å². The maximum atomic E-state index is 12.9. The highest BCUT2D eigenvalue weighted by Crippen LogP contribution is 2.18. The van der Waals surface area contributed by atoms with Gasteiger partial charge in [0.15, 0.2) is 5.78 Å². The van der Waals surface area contributed by atoms with E-state index in [1.807, 2.05) is 42.7 Å². The monoisotopic (exact) mass is 419 g/mol. The molecular formula is C24H37NO3S. The molecule has 1 aromatic rings. The molecule has 162 valence electrons. The van der Waals surface area contributed by atoms with Crippen LogP contribution < -0.4 is 0 Å². The Bertz CT molecular complexity index is 616. The molecule has 0 bridgehead atoms. The zero-order chi connectivity index (χ0) is 21.5. The number of nitrogens with zero attached hydrogens (tertiary/aromatic N) is 1. The van der Waals surface area contributed by atoms with Crippen molar-refractivity contribution in [2.75, 3.05) is 12.1 Å². The fraction of sp³-hybridized carbons (Fsp3) is 0.583. The summed E-state index contributed by atoms with van der Waals surface area (Å²) < 4.78 is 5.52. The minimum atomic E-state index is -0.488. The molecule has 0 spiro atoms. The van der Waals surface area contributed by atoms with Crippen molar-refractivity contribution >= 4 is 23.6 Å². The third-order valence-corrected chi connectivity index (χ3v) is 5.15. The van der Waals surface area contributed by atoms with Crippen LogP contribution in [0.25, 0.3) is 0 Å². The topological polar surface area (TPSA) is 46.6 Å². The van der Waals surface area contributed by atoms with Crippen LogP contribution >= 0.6 is 11.8 Å². The Labute approximate surface area is 181 Å². The third-order valence-electron chi connectivity index (χ3n) is 4.61. The number of hydrogen-bond acceptors (Lipinski definition) is 4. The van der Waals surface area contributed by atoms with Crippen LogP contribution in [0.3, 0.4) is 0 Å². The van der Waals surface area contributed by atoms with Crippen molar-refractivity contribution in [3.8, 4) is 0 Å². The SMILES string of the molecule is CCCCCC/C=C/C(=O)[C@H](CC(C)C)N(CSC)C(=O)OCc1ccccc1. The quantitative estimate of drug-likeness (QED) is 0.197. The molecule has 0 fully saturated rings. The normalized spacial score (nSPS) is 12.3. The van der Waals surface area contributed by atoms with Gasteiger partial charge in [-0.3, -0.25) is 9.69 Å². The van der Waals surface area contributed by atoms with Gasteiger partial charge in [0, 0.05) is 0 Å². The number of amides is 1. The molecule has 0 unspecified atom stereocenters. The van der Waals surface area contributed by atoms with Gasteiger partial charge in [0.1, 0.15) is 6.61 Å². The third kappa shape index (κ3) is 10.6. The molecular weight excluding hydrogens is 382 g/mol. The molecule has 0 N–H and O–H groups in total. The molecule has 0 aliphatic carbocycles. The first-order valence-electron chi connectivity index (χ1n) is 10.7. The van der Waals surface area contributed by atoms with Crippen molar-refractivity contribution in [3.05, 3.63) is 48.0 Å². The molecule has 5 heteroatoms. The van der Waals surface area contributed by atoms with E-state index in [1.54, 1.807) is 11.0 Å². The van der Waals surface area contributed by atoms with Gasteiger partial charge in [0.05, 0.1) is 11.9 Å². The summed E-state index contributed by atoms with van der Waals surface area (Å²) in [6, 6.07) is 9.11. The number of ketones is 1. The van der Waals surface area contributed by atoms with E-state index in [2.05, 4.69) is 20.8 Å². The number of carbonyl (C=O) groups is 2. The van der Waals surface area contributed by atoms with Gasteiger partial charge in [0.2, 0.25) is 0 Å². The van der Waals surface area contributed by atoms with E-state index in [1.165, 1.54) is 31.0 Å². The molecule has 0 radical (unpaired) electrons. The average Bonchev–Trinajstić information content (AvgIpc) is 2.71. The van der Waals surface area contributed by atoms with Gasteiger partial charge in [-0.25, -0.2) is 4.79 Å². The van der Waals surface area contributed by atoms with Crippen LogP contribution in [0.2, 0.25) is 0 Å². The van der Waals surface area contributed by atoms with Gasteiger partial charge in [-0.05, 0) is 43.1 Å². The molecule has 0 aromatic heterocycles. The largest absolute Gasteiger partial charge is 0.445 e. The van der Waals surface area contributed by atoms with E-state index in [0.717, 1.165) is 18.4 Å². The van der Waals surface area contributed by atoms with Crippen LogP contribution in [0.15, 0.2) is 42.5 Å². The van der Waals surface area contributed by atoms with Crippen LogP contribution in [0, 0.1) is 5.92 Å². The van der Waals surface area contributed by atoms with Gasteiger partial charge in [-0.2, -0.15) is 0 Å². The van der Waals surface area contributed by atoms with E-state index in [4.69, 9.17) is 4.74 Å². The van der Waals surface area contributed by atoms with Crippen molar-refractivity contribution < 1.29 is 14.3 Å². The molecule has 0 saturated carbocycles. The lowest BCUT2D eigenvalue weighted by atomic mass is 9.98. The fourth-order valence-electron chi connectivity index (χ4n) is 3.05. The smallest absolute Gasteiger partial charge is 0.411 e. The van der Waals surface area contributed by atoms with Crippen LogP contribution in [0.4, 0.5) is 4.79 Å². The molecule has 4 nitrogen and oxygen atoms in total. The standard InChI is InChI=1S/C24H37NO3S/c1-5-6-7-8-9-13-16-23(26)22(17-20(2)3)25(19-29-4)24(27)28-18-21-14-11-10-12-15-21/h10-16,20,22H,5-9,17-19H2,1-4H3/b16-13+/t22-/m0/s1. The summed E-state index contributed by atoms with van der Waals surface area (Å²) in [4.78, 5) is 27.3. The summed E-state index contributed by atoms with van der Waals surface area (Å²) in [5.74, 6) is 0.717. The first-order chi connectivity index (χ1) is 14.0. The Kier molecular flexibility index (Phi) is 13.2. The summed E-state index contributed by atoms with van der Waals surface area (Å²) in [7, 11) is 0. The highest BCUT2D eigenvalue weighted by molar-refractivity contribution is 7.98. The van der Waals surface area contributed by atoms with E-state index < -0.39 is 12.1 Å². The summed E-state index contributed by atoms with van der Waals surface area (Å²) >= 11 is 1.52. The number of thioether (sulfide) groups is 1. The number of carbonyl (C=O) groups excluding carboxylic acids is 2. The Morgan fingerprint density at radius 3 is 2.48 bits per heavy atom. The lowest BCUT2D eigenvalue weighted by molar-refractivity contribution is -0.119. The van der Waals surface area contributed by atoms with Crippen molar-refractivity contribution in [1.82, 2.24) is 4.90 Å². The predicted molar refractivity (Wildman–Crippen MR) is 123 cm³/mol. The summed E-state index contributed by atoms with van der Waals surface area (Å²) in [5, 5.41) is 0. The van der Waals surface area contributed by atoms with E-state index in [-0.39, 0.29) is 12.4 Å². The number of hydrogen-bond donors (Lipinski definition) is 0. The Morgan fingerprint density at radius 1 is 1.14 bits per heavy atom. The van der Waals surface area contributed by atoms with Crippen molar-refractivity contribution in [3.63, 3.8) is 0 Å². The van der Waals surface area contributed by atoms with Crippen molar-refractivity contribution in [1.29, 1.82) is 0 Å². The van der Waals surface area contributed by atoms with Crippen LogP contribution in [-0.2, 0) is 16.1 Å². The second-order valence-electron chi connectivity index (χ2n) is 7.73. The minimum absolute atomic E-state index is 0.0140. The molecule has 0 saturated heterocycles. The average molecular weight is 420 g/mol. The molecule has 0 aliphatic heterocycles. The molecule has 1 amide bonds. The lowest BCUT2D eigenvalue weighted by Gasteiger charge is -2.30. The summed E-state index contributed by atoms with van der Waals surface area (Å²) in [5.41, 5.74) is 0.934. The molecule has 0 heterocycles. The number of rotatable bonds is 14. The first kappa shape index (κ1) is 25.3. The number of allylic oxidation sites excluding steroid dienone is 1. The van der Waals surface area contributed by atoms with Crippen LogP contribution in [-0.4, -0.2) is 35.0 Å². The second-order valence-corrected chi connectivity index (χ2v) is 8.56. The van der Waals surface area contributed by atoms with E-state index in [9.17, 15) is 9.59 Å². The maximum Gasteiger partial charge on any atom is 0.411 e. The summed E-state index contributed by atoms with van der Waals surface area (Å²) in [6.45, 7) is 6.54. The highest BCUT2D eigenvalue weighted by atomic mass is 32.2. The molecule has 29 heavy (non-hydrogen) atoms. The fourth-order valence-corrected chi connectivity index (χ4v) is 3.62. The summed E-state index contributed by atoms with van der Waals surface area (Å²) in [6.07, 6.45) is 11.4. The van der Waals surface area contributed by atoms with Gasteiger partial charge in [-0.1, -0.05) is 76.4 Å². The molecule has 1 rings (SSSR count). The number of ether oxygens (including phenoxy) is 1. The molecule has 1 aromatic carbocycles. The number of benzene rings is 1. The van der Waals surface area contributed by atoms with Gasteiger partial charge >= 0.3 is 6.09 Å². The second kappa shape index (κ2) is 15.1. The van der Waals surface area contributed by atoms with Gasteiger partial charge in [0.25, 0.3) is 0 Å². The Morgan fingerprint density at radius 2 is 1.86 bits per heavy atom. The predicted octanol–water partition coefficient (Wildman–Crippen LogP) is 6.46. The van der Waals surface area contributed by atoms with Crippen LogP contribution in [0.5, 0.6) is 0 Å². The highest BCUT2D eigenvalue weighted by Gasteiger charge is 2.30. The van der Waals surface area contributed by atoms with Crippen molar-refractivity contribution in [2.24, 2.45) is 5.92 Å². The van der Waals surface area contributed by atoms with Crippen molar-refractivity contribution in [2.45, 2.75) is 71.9 Å².